The Bertz CT molecular complexity index is 1570. The lowest BCUT2D eigenvalue weighted by molar-refractivity contribution is -0.129. The second-order valence-electron chi connectivity index (χ2n) is 9.04. The van der Waals surface area contributed by atoms with Crippen molar-refractivity contribution < 1.29 is 9.59 Å². The molecule has 0 saturated carbocycles. The number of amides is 2. The number of hydrogen-bond acceptors (Lipinski definition) is 6. The molecule has 0 unspecified atom stereocenters. The Balaban J connectivity index is 1.54. The van der Waals surface area contributed by atoms with E-state index in [1.165, 1.54) is 23.1 Å². The monoisotopic (exact) mass is 532 g/mol. The van der Waals surface area contributed by atoms with Crippen molar-refractivity contribution in [2.24, 2.45) is 0 Å². The number of benzene rings is 2. The minimum absolute atomic E-state index is 0.0280. The van der Waals surface area contributed by atoms with E-state index in [1.54, 1.807) is 16.4 Å². The van der Waals surface area contributed by atoms with Crippen molar-refractivity contribution in [2.45, 2.75) is 45.3 Å². The first-order chi connectivity index (χ1) is 17.9. The Kier molecular flexibility index (Phi) is 7.17. The molecule has 0 bridgehead atoms. The molecule has 5 rings (SSSR count). The van der Waals surface area contributed by atoms with Crippen LogP contribution in [0.1, 0.15) is 35.4 Å². The van der Waals surface area contributed by atoms with E-state index in [1.807, 2.05) is 55.5 Å². The third-order valence-corrected chi connectivity index (χ3v) is 8.70. The molecule has 1 aliphatic rings. The van der Waals surface area contributed by atoms with Crippen molar-refractivity contribution in [1.29, 1.82) is 0 Å². The highest BCUT2D eigenvalue weighted by Crippen LogP contribution is 2.34. The number of carbonyl (C=O) groups excluding carboxylic acids is 2. The van der Waals surface area contributed by atoms with Gasteiger partial charge in [-0.05, 0) is 48.6 Å². The Hall–Kier alpha value is -3.43. The number of anilines is 1. The fraction of sp³-hybridized carbons (Fsp3) is 0.286. The number of nitrogens with zero attached hydrogens (tertiary/aromatic N) is 3. The number of nitrogens with one attached hydrogen (secondary N) is 1. The van der Waals surface area contributed by atoms with E-state index in [-0.39, 0.29) is 23.1 Å². The van der Waals surface area contributed by atoms with Gasteiger partial charge in [-0.25, -0.2) is 4.98 Å². The number of rotatable bonds is 6. The molecule has 37 heavy (non-hydrogen) atoms. The van der Waals surface area contributed by atoms with Gasteiger partial charge in [0.2, 0.25) is 11.8 Å². The van der Waals surface area contributed by atoms with E-state index in [4.69, 9.17) is 4.98 Å². The molecular weight excluding hydrogens is 504 g/mol. The molecular formula is C28H28N4O3S2. The SMILES string of the molecule is CCc1ccccc1NC(=O)CSc1nc2sc3c(c2c(=O)n1-c1ccccc1C)CCN(C(C)=O)C3. The fourth-order valence-electron chi connectivity index (χ4n) is 4.68. The minimum Gasteiger partial charge on any atom is -0.337 e. The van der Waals surface area contributed by atoms with Crippen LogP contribution in [-0.4, -0.2) is 38.6 Å². The summed E-state index contributed by atoms with van der Waals surface area (Å²) >= 11 is 2.72. The number of hydrogen-bond donors (Lipinski definition) is 1. The van der Waals surface area contributed by atoms with Crippen LogP contribution in [0.3, 0.4) is 0 Å². The summed E-state index contributed by atoms with van der Waals surface area (Å²) in [6, 6.07) is 15.5. The molecule has 2 amide bonds. The molecule has 0 atom stereocenters. The fourth-order valence-corrected chi connectivity index (χ4v) is 6.77. The van der Waals surface area contributed by atoms with Gasteiger partial charge in [0.1, 0.15) is 4.83 Å². The smallest absolute Gasteiger partial charge is 0.267 e. The van der Waals surface area contributed by atoms with Crippen LogP contribution in [-0.2, 0) is 29.0 Å². The zero-order valence-corrected chi connectivity index (χ0v) is 22.7. The predicted molar refractivity (Wildman–Crippen MR) is 150 cm³/mol. The highest BCUT2D eigenvalue weighted by Gasteiger charge is 2.27. The lowest BCUT2D eigenvalue weighted by atomic mass is 10.1. The molecule has 0 aliphatic carbocycles. The van der Waals surface area contributed by atoms with Gasteiger partial charge in [-0.15, -0.1) is 11.3 Å². The predicted octanol–water partition coefficient (Wildman–Crippen LogP) is 4.95. The summed E-state index contributed by atoms with van der Waals surface area (Å²) in [5.41, 5.74) is 4.43. The van der Waals surface area contributed by atoms with Crippen molar-refractivity contribution in [3.63, 3.8) is 0 Å². The molecule has 2 aromatic carbocycles. The maximum absolute atomic E-state index is 14.0. The van der Waals surface area contributed by atoms with Crippen molar-refractivity contribution in [3.05, 3.63) is 80.5 Å². The summed E-state index contributed by atoms with van der Waals surface area (Å²) < 4.78 is 1.64. The number of thiophene rings is 1. The van der Waals surface area contributed by atoms with Crippen LogP contribution in [0, 0.1) is 6.92 Å². The van der Waals surface area contributed by atoms with Crippen LogP contribution in [0.5, 0.6) is 0 Å². The highest BCUT2D eigenvalue weighted by molar-refractivity contribution is 7.99. The van der Waals surface area contributed by atoms with Gasteiger partial charge >= 0.3 is 0 Å². The molecule has 0 radical (unpaired) electrons. The van der Waals surface area contributed by atoms with Crippen molar-refractivity contribution in [3.8, 4) is 5.69 Å². The first kappa shape index (κ1) is 25.2. The number of thioether (sulfide) groups is 1. The first-order valence-electron chi connectivity index (χ1n) is 12.3. The summed E-state index contributed by atoms with van der Waals surface area (Å²) in [4.78, 5) is 47.2. The van der Waals surface area contributed by atoms with Gasteiger partial charge < -0.3 is 10.2 Å². The van der Waals surface area contributed by atoms with Gasteiger partial charge in [-0.1, -0.05) is 55.1 Å². The largest absolute Gasteiger partial charge is 0.337 e. The second-order valence-corrected chi connectivity index (χ2v) is 11.1. The molecule has 2 aromatic heterocycles. The first-order valence-corrected chi connectivity index (χ1v) is 14.1. The Labute approximate surface area is 223 Å². The van der Waals surface area contributed by atoms with Crippen LogP contribution in [0.2, 0.25) is 0 Å². The van der Waals surface area contributed by atoms with E-state index in [9.17, 15) is 14.4 Å². The summed E-state index contributed by atoms with van der Waals surface area (Å²) in [5.74, 6) is -0.00936. The van der Waals surface area contributed by atoms with E-state index in [0.717, 1.165) is 39.4 Å². The summed E-state index contributed by atoms with van der Waals surface area (Å²) in [6.45, 7) is 6.67. The number of para-hydroxylation sites is 2. The second kappa shape index (κ2) is 10.5. The minimum atomic E-state index is -0.154. The van der Waals surface area contributed by atoms with Crippen LogP contribution < -0.4 is 10.9 Å². The van der Waals surface area contributed by atoms with Crippen molar-refractivity contribution >= 4 is 50.8 Å². The maximum Gasteiger partial charge on any atom is 0.267 e. The van der Waals surface area contributed by atoms with Crippen LogP contribution in [0.15, 0.2) is 58.5 Å². The molecule has 1 N–H and O–H groups in total. The molecule has 3 heterocycles. The van der Waals surface area contributed by atoms with E-state index in [0.29, 0.717) is 34.9 Å². The van der Waals surface area contributed by atoms with Crippen molar-refractivity contribution in [1.82, 2.24) is 14.5 Å². The lowest BCUT2D eigenvalue weighted by Crippen LogP contribution is -2.34. The van der Waals surface area contributed by atoms with Gasteiger partial charge in [0.15, 0.2) is 5.16 Å². The van der Waals surface area contributed by atoms with Gasteiger partial charge in [-0.2, -0.15) is 0 Å². The molecule has 9 heteroatoms. The van der Waals surface area contributed by atoms with E-state index >= 15 is 0 Å². The van der Waals surface area contributed by atoms with Crippen LogP contribution >= 0.6 is 23.1 Å². The number of aryl methyl sites for hydroxylation is 2. The normalized spacial score (nSPS) is 13.0. The van der Waals surface area contributed by atoms with Crippen LogP contribution in [0.4, 0.5) is 5.69 Å². The summed E-state index contributed by atoms with van der Waals surface area (Å²) in [6.07, 6.45) is 1.45. The molecule has 4 aromatic rings. The number of aromatic nitrogens is 2. The molecule has 190 valence electrons. The Morgan fingerprint density at radius 1 is 1.14 bits per heavy atom. The van der Waals surface area contributed by atoms with Gasteiger partial charge in [0, 0.05) is 24.0 Å². The Morgan fingerprint density at radius 2 is 1.89 bits per heavy atom. The Morgan fingerprint density at radius 3 is 2.65 bits per heavy atom. The summed E-state index contributed by atoms with van der Waals surface area (Å²) in [7, 11) is 0. The van der Waals surface area contributed by atoms with E-state index < -0.39 is 0 Å². The average Bonchev–Trinajstić information content (AvgIpc) is 3.26. The zero-order valence-electron chi connectivity index (χ0n) is 21.0. The zero-order chi connectivity index (χ0) is 26.1. The molecule has 7 nitrogen and oxygen atoms in total. The standard InChI is InChI=1S/C28H28N4O3S2/c1-4-19-10-6-7-11-21(19)29-24(34)16-36-28-30-26-25(20-13-14-31(18(3)33)15-23(20)37-26)27(35)32(28)22-12-8-5-9-17(22)2/h5-12H,4,13-16H2,1-3H3,(H,29,34). The average molecular weight is 533 g/mol. The highest BCUT2D eigenvalue weighted by atomic mass is 32.2. The van der Waals surface area contributed by atoms with Gasteiger partial charge in [-0.3, -0.25) is 19.0 Å². The van der Waals surface area contributed by atoms with Gasteiger partial charge in [0.25, 0.3) is 5.56 Å². The lowest BCUT2D eigenvalue weighted by Gasteiger charge is -2.25. The molecule has 0 spiro atoms. The topological polar surface area (TPSA) is 84.3 Å². The third-order valence-electron chi connectivity index (χ3n) is 6.65. The number of fused-ring (bicyclic) bond motifs is 3. The quantitative estimate of drug-likeness (QED) is 0.281. The van der Waals surface area contributed by atoms with Crippen molar-refractivity contribution in [2.75, 3.05) is 17.6 Å². The van der Waals surface area contributed by atoms with E-state index in [2.05, 4.69) is 12.2 Å². The van der Waals surface area contributed by atoms with Crippen LogP contribution in [0.25, 0.3) is 15.9 Å². The van der Waals surface area contributed by atoms with Gasteiger partial charge in [0.05, 0.1) is 23.4 Å². The molecule has 0 saturated heterocycles. The summed E-state index contributed by atoms with van der Waals surface area (Å²) in [5, 5.41) is 4.10. The maximum atomic E-state index is 14.0. The molecule has 0 fully saturated rings. The number of carbonyl (C=O) groups is 2. The molecule has 1 aliphatic heterocycles. The third kappa shape index (κ3) is 4.93.